The van der Waals surface area contributed by atoms with Crippen molar-refractivity contribution in [2.75, 3.05) is 0 Å². The highest BCUT2D eigenvalue weighted by Crippen LogP contribution is 2.25. The zero-order valence-corrected chi connectivity index (χ0v) is 13.8. The standard InChI is InChI=1S/C17H17ClN2O3/c1-10-4-5-11(2)14(8-10)12(3)19-17(21)13-6-7-15(18)16(9-13)20(22)23/h4-9,12H,1-3H3,(H,19,21)/t12-/m0/s1. The Hall–Kier alpha value is -2.40. The highest BCUT2D eigenvalue weighted by Gasteiger charge is 2.18. The molecule has 0 saturated heterocycles. The van der Waals surface area contributed by atoms with E-state index in [1.165, 1.54) is 18.2 Å². The second-order valence-corrected chi connectivity index (χ2v) is 5.89. The Balaban J connectivity index is 2.23. The van der Waals surface area contributed by atoms with Crippen molar-refractivity contribution >= 4 is 23.2 Å². The van der Waals surface area contributed by atoms with Crippen LogP contribution >= 0.6 is 11.6 Å². The molecule has 0 fully saturated rings. The molecule has 0 aliphatic rings. The minimum absolute atomic E-state index is 0.00845. The van der Waals surface area contributed by atoms with E-state index in [1.54, 1.807) is 0 Å². The van der Waals surface area contributed by atoms with Gasteiger partial charge in [0.1, 0.15) is 5.02 Å². The van der Waals surface area contributed by atoms with Gasteiger partial charge in [-0.15, -0.1) is 0 Å². The van der Waals surface area contributed by atoms with Gasteiger partial charge in [0.15, 0.2) is 0 Å². The molecule has 23 heavy (non-hydrogen) atoms. The van der Waals surface area contributed by atoms with Crippen LogP contribution in [0.3, 0.4) is 0 Å². The number of benzene rings is 2. The van der Waals surface area contributed by atoms with Gasteiger partial charge >= 0.3 is 0 Å². The third kappa shape index (κ3) is 3.87. The summed E-state index contributed by atoms with van der Waals surface area (Å²) in [7, 11) is 0. The Kier molecular flexibility index (Phi) is 5.01. The molecular weight excluding hydrogens is 316 g/mol. The van der Waals surface area contributed by atoms with E-state index in [0.29, 0.717) is 0 Å². The van der Waals surface area contributed by atoms with E-state index in [1.807, 2.05) is 39.0 Å². The van der Waals surface area contributed by atoms with Crippen molar-refractivity contribution in [2.45, 2.75) is 26.8 Å². The SMILES string of the molecule is Cc1ccc(C)c([C@H](C)NC(=O)c2ccc(Cl)c([N+](=O)[O-])c2)c1. The number of nitrogens with one attached hydrogen (secondary N) is 1. The lowest BCUT2D eigenvalue weighted by Gasteiger charge is -2.17. The van der Waals surface area contributed by atoms with Gasteiger partial charge in [0.25, 0.3) is 11.6 Å². The van der Waals surface area contributed by atoms with E-state index in [2.05, 4.69) is 5.32 Å². The molecular formula is C17H17ClN2O3. The first-order valence-corrected chi connectivity index (χ1v) is 7.49. The summed E-state index contributed by atoms with van der Waals surface area (Å²) in [6, 6.07) is 9.84. The number of nitro groups is 1. The number of carbonyl (C=O) groups is 1. The van der Waals surface area contributed by atoms with Crippen LogP contribution in [0.25, 0.3) is 0 Å². The first-order chi connectivity index (χ1) is 10.8. The lowest BCUT2D eigenvalue weighted by atomic mass is 9.99. The molecule has 1 atom stereocenters. The average molecular weight is 333 g/mol. The van der Waals surface area contributed by atoms with Crippen molar-refractivity contribution in [3.63, 3.8) is 0 Å². The Morgan fingerprint density at radius 2 is 1.91 bits per heavy atom. The summed E-state index contributed by atoms with van der Waals surface area (Å²) in [4.78, 5) is 22.6. The number of nitrogens with zero attached hydrogens (tertiary/aromatic N) is 1. The average Bonchev–Trinajstić information content (AvgIpc) is 2.49. The molecule has 0 bridgehead atoms. The first-order valence-electron chi connectivity index (χ1n) is 7.11. The summed E-state index contributed by atoms with van der Waals surface area (Å²) in [6.45, 7) is 5.84. The predicted octanol–water partition coefficient (Wildman–Crippen LogP) is 4.36. The fourth-order valence-electron chi connectivity index (χ4n) is 2.38. The van der Waals surface area contributed by atoms with Crippen molar-refractivity contribution in [1.82, 2.24) is 5.32 Å². The van der Waals surface area contributed by atoms with Crippen LogP contribution in [0, 0.1) is 24.0 Å². The van der Waals surface area contributed by atoms with Crippen LogP contribution in [0.5, 0.6) is 0 Å². The second kappa shape index (κ2) is 6.79. The van der Waals surface area contributed by atoms with E-state index < -0.39 is 4.92 Å². The molecule has 0 aliphatic carbocycles. The van der Waals surface area contributed by atoms with Crippen LogP contribution in [0.1, 0.15) is 40.0 Å². The van der Waals surface area contributed by atoms with Gasteiger partial charge in [0, 0.05) is 11.6 Å². The van der Waals surface area contributed by atoms with Crippen molar-refractivity contribution < 1.29 is 9.72 Å². The highest BCUT2D eigenvalue weighted by atomic mass is 35.5. The largest absolute Gasteiger partial charge is 0.346 e. The van der Waals surface area contributed by atoms with Gasteiger partial charge in [-0.1, -0.05) is 35.4 Å². The van der Waals surface area contributed by atoms with Gasteiger partial charge in [-0.05, 0) is 44.0 Å². The summed E-state index contributed by atoms with van der Waals surface area (Å²) >= 11 is 5.76. The van der Waals surface area contributed by atoms with Gasteiger partial charge in [-0.3, -0.25) is 14.9 Å². The van der Waals surface area contributed by atoms with Crippen LogP contribution in [-0.4, -0.2) is 10.8 Å². The van der Waals surface area contributed by atoms with E-state index in [4.69, 9.17) is 11.6 Å². The van der Waals surface area contributed by atoms with Crippen molar-refractivity contribution in [3.05, 3.63) is 73.8 Å². The minimum Gasteiger partial charge on any atom is -0.346 e. The smallest absolute Gasteiger partial charge is 0.288 e. The molecule has 6 heteroatoms. The zero-order chi connectivity index (χ0) is 17.1. The van der Waals surface area contributed by atoms with E-state index in [-0.39, 0.29) is 28.2 Å². The number of carbonyl (C=O) groups excluding carboxylic acids is 1. The summed E-state index contributed by atoms with van der Waals surface area (Å²) in [5, 5.41) is 13.8. The Labute approximate surface area is 139 Å². The minimum atomic E-state index is -0.604. The summed E-state index contributed by atoms with van der Waals surface area (Å²) < 4.78 is 0. The maximum atomic E-state index is 12.3. The van der Waals surface area contributed by atoms with E-state index in [9.17, 15) is 14.9 Å². The molecule has 0 radical (unpaired) electrons. The van der Waals surface area contributed by atoms with Gasteiger partial charge in [-0.25, -0.2) is 0 Å². The summed E-state index contributed by atoms with van der Waals surface area (Å²) in [6.07, 6.45) is 0. The zero-order valence-electron chi connectivity index (χ0n) is 13.1. The molecule has 5 nitrogen and oxygen atoms in total. The number of aryl methyl sites for hydroxylation is 2. The lowest BCUT2D eigenvalue weighted by Crippen LogP contribution is -2.27. The molecule has 0 unspecified atom stereocenters. The Morgan fingerprint density at radius 3 is 2.57 bits per heavy atom. The van der Waals surface area contributed by atoms with Crippen LogP contribution in [0.4, 0.5) is 5.69 Å². The third-order valence-corrected chi connectivity index (χ3v) is 3.97. The second-order valence-electron chi connectivity index (χ2n) is 5.48. The molecule has 0 heterocycles. The molecule has 2 aromatic rings. The lowest BCUT2D eigenvalue weighted by molar-refractivity contribution is -0.384. The Bertz CT molecular complexity index is 774. The molecule has 0 aromatic heterocycles. The van der Waals surface area contributed by atoms with Gasteiger partial charge in [0.2, 0.25) is 0 Å². The van der Waals surface area contributed by atoms with Crippen molar-refractivity contribution in [2.24, 2.45) is 0 Å². The highest BCUT2D eigenvalue weighted by molar-refractivity contribution is 6.32. The number of hydrogen-bond donors (Lipinski definition) is 1. The predicted molar refractivity (Wildman–Crippen MR) is 89.9 cm³/mol. The van der Waals surface area contributed by atoms with Gasteiger partial charge < -0.3 is 5.32 Å². The molecule has 1 amide bonds. The van der Waals surface area contributed by atoms with Crippen LogP contribution < -0.4 is 5.32 Å². The molecule has 0 spiro atoms. The number of rotatable bonds is 4. The van der Waals surface area contributed by atoms with Crippen LogP contribution in [0.2, 0.25) is 5.02 Å². The maximum Gasteiger partial charge on any atom is 0.288 e. The van der Waals surface area contributed by atoms with Crippen LogP contribution in [-0.2, 0) is 0 Å². The number of nitro benzene ring substituents is 1. The van der Waals surface area contributed by atoms with Gasteiger partial charge in [-0.2, -0.15) is 0 Å². The Morgan fingerprint density at radius 1 is 1.22 bits per heavy atom. The maximum absolute atomic E-state index is 12.3. The van der Waals surface area contributed by atoms with E-state index in [0.717, 1.165) is 16.7 Å². The molecule has 0 aliphatic heterocycles. The third-order valence-electron chi connectivity index (χ3n) is 3.65. The normalized spacial score (nSPS) is 11.8. The fraction of sp³-hybridized carbons (Fsp3) is 0.235. The molecule has 1 N–H and O–H groups in total. The van der Waals surface area contributed by atoms with E-state index >= 15 is 0 Å². The molecule has 0 saturated carbocycles. The van der Waals surface area contributed by atoms with Crippen LogP contribution in [0.15, 0.2) is 36.4 Å². The summed E-state index contributed by atoms with van der Waals surface area (Å²) in [5.74, 6) is -0.377. The topological polar surface area (TPSA) is 72.2 Å². The fourth-order valence-corrected chi connectivity index (χ4v) is 2.56. The summed E-state index contributed by atoms with van der Waals surface area (Å²) in [5.41, 5.74) is 3.12. The molecule has 2 aromatic carbocycles. The first kappa shape index (κ1) is 17.0. The quantitative estimate of drug-likeness (QED) is 0.668. The number of amides is 1. The van der Waals surface area contributed by atoms with Crippen molar-refractivity contribution in [1.29, 1.82) is 0 Å². The number of halogens is 1. The number of hydrogen-bond acceptors (Lipinski definition) is 3. The monoisotopic (exact) mass is 332 g/mol. The molecule has 120 valence electrons. The van der Waals surface area contributed by atoms with Crippen molar-refractivity contribution in [3.8, 4) is 0 Å². The van der Waals surface area contributed by atoms with Gasteiger partial charge in [0.05, 0.1) is 11.0 Å². The molecule has 2 rings (SSSR count).